The molecule has 0 aromatic rings. The standard InChI is InChI=1S/C51H91NO18/c1-3-5-7-9-11-12-13-14-15-16-17-18-19-20-21-23-24-26-28-35(56)34(52-39(57)29-27-25-22-10-8-6-4-2)33-65-49-45(63)42(60)47(37(31-54)67-49)70-51-46(64)43(61)48(38(32-55)68-51)69-50-44(62)41(59)40(58)36(30-53)66-50/h16-17,20-21,26,28,34-38,40-51,53-56,58-64H,3-15,18-19,22-25,27,29-33H2,1-2H3,(H,52,57)/b17-16+,21-20+,28-26+. The van der Waals surface area contributed by atoms with Crippen LogP contribution in [0.4, 0.5) is 0 Å². The molecule has 0 aliphatic carbocycles. The van der Waals surface area contributed by atoms with Crippen LogP contribution in [0.25, 0.3) is 0 Å². The lowest BCUT2D eigenvalue weighted by atomic mass is 9.96. The summed E-state index contributed by atoms with van der Waals surface area (Å²) in [4.78, 5) is 13.1. The highest BCUT2D eigenvalue weighted by molar-refractivity contribution is 5.76. The molecule has 0 aromatic heterocycles. The molecule has 3 aliphatic rings. The molecule has 17 atom stereocenters. The lowest BCUT2D eigenvalue weighted by molar-refractivity contribution is -0.379. The molecule has 408 valence electrons. The van der Waals surface area contributed by atoms with Crippen LogP contribution in [0.1, 0.15) is 149 Å². The summed E-state index contributed by atoms with van der Waals surface area (Å²) in [5, 5.41) is 119. The Hall–Kier alpha value is -1.99. The summed E-state index contributed by atoms with van der Waals surface area (Å²) in [6.45, 7) is 1.59. The van der Waals surface area contributed by atoms with Crippen molar-refractivity contribution in [3.8, 4) is 0 Å². The van der Waals surface area contributed by atoms with Crippen molar-refractivity contribution in [2.75, 3.05) is 26.4 Å². The van der Waals surface area contributed by atoms with Gasteiger partial charge >= 0.3 is 0 Å². The summed E-state index contributed by atoms with van der Waals surface area (Å²) in [5.41, 5.74) is 0. The van der Waals surface area contributed by atoms with Gasteiger partial charge in [0.1, 0.15) is 73.2 Å². The first-order valence-electron chi connectivity index (χ1n) is 26.2. The molecule has 1 amide bonds. The number of carbonyl (C=O) groups is 1. The zero-order valence-electron chi connectivity index (χ0n) is 41.7. The van der Waals surface area contributed by atoms with Crippen LogP contribution >= 0.6 is 0 Å². The second-order valence-corrected chi connectivity index (χ2v) is 19.0. The van der Waals surface area contributed by atoms with Crippen LogP contribution in [0.3, 0.4) is 0 Å². The summed E-state index contributed by atoms with van der Waals surface area (Å²) in [7, 11) is 0. The summed E-state index contributed by atoms with van der Waals surface area (Å²) in [6.07, 6.45) is 7.54. The predicted molar refractivity (Wildman–Crippen MR) is 259 cm³/mol. The van der Waals surface area contributed by atoms with Gasteiger partial charge in [-0.3, -0.25) is 4.79 Å². The maximum Gasteiger partial charge on any atom is 0.220 e. The Morgan fingerprint density at radius 1 is 0.500 bits per heavy atom. The normalized spacial score (nSPS) is 32.8. The van der Waals surface area contributed by atoms with Crippen molar-refractivity contribution in [3.05, 3.63) is 36.5 Å². The average molecular weight is 1010 g/mol. The molecule has 0 aromatic carbocycles. The van der Waals surface area contributed by atoms with Crippen LogP contribution in [0, 0.1) is 0 Å². The largest absolute Gasteiger partial charge is 0.394 e. The first-order valence-corrected chi connectivity index (χ1v) is 26.2. The minimum absolute atomic E-state index is 0.230. The fraction of sp³-hybridized carbons (Fsp3) is 0.863. The SMILES string of the molecule is CCCCCCCCCC/C=C/CC/C=C/CC/C=C/C(O)C(COC1OC(CO)C(OC2OC(CO)C(OC3OC(CO)C(O)C(O)C3O)C(O)C2O)C(O)C1O)NC(=O)CCCCCCCCC. The molecule has 0 saturated carbocycles. The third-order valence-corrected chi connectivity index (χ3v) is 13.2. The van der Waals surface area contributed by atoms with Crippen molar-refractivity contribution in [1.82, 2.24) is 5.32 Å². The predicted octanol–water partition coefficient (Wildman–Crippen LogP) is 2.20. The highest BCUT2D eigenvalue weighted by Gasteiger charge is 2.53. The Balaban J connectivity index is 1.55. The van der Waals surface area contributed by atoms with E-state index in [0.29, 0.717) is 12.8 Å². The quantitative estimate of drug-likeness (QED) is 0.0316. The number of nitrogens with one attached hydrogen (secondary N) is 1. The number of amides is 1. The fourth-order valence-electron chi connectivity index (χ4n) is 8.75. The molecule has 0 spiro atoms. The van der Waals surface area contributed by atoms with Crippen LogP contribution in [0.15, 0.2) is 36.5 Å². The summed E-state index contributed by atoms with van der Waals surface area (Å²) in [6, 6.07) is -0.989. The van der Waals surface area contributed by atoms with Gasteiger partial charge in [-0.05, 0) is 44.9 Å². The summed E-state index contributed by atoms with van der Waals surface area (Å²) >= 11 is 0. The molecular formula is C51H91NO18. The van der Waals surface area contributed by atoms with E-state index in [0.717, 1.165) is 57.8 Å². The lowest BCUT2D eigenvalue weighted by Gasteiger charge is -2.48. The van der Waals surface area contributed by atoms with Gasteiger partial charge in [-0.2, -0.15) is 0 Å². The number of rotatable bonds is 36. The van der Waals surface area contributed by atoms with Crippen LogP contribution < -0.4 is 5.32 Å². The average Bonchev–Trinajstić information content (AvgIpc) is 3.35. The number of aliphatic hydroxyl groups excluding tert-OH is 11. The third-order valence-electron chi connectivity index (χ3n) is 13.2. The third kappa shape index (κ3) is 21.5. The number of unbranched alkanes of at least 4 members (excludes halogenated alkanes) is 16. The maximum absolute atomic E-state index is 13.1. The monoisotopic (exact) mass is 1010 g/mol. The minimum Gasteiger partial charge on any atom is -0.394 e. The van der Waals surface area contributed by atoms with Crippen molar-refractivity contribution in [2.24, 2.45) is 0 Å². The second-order valence-electron chi connectivity index (χ2n) is 19.0. The van der Waals surface area contributed by atoms with E-state index in [1.807, 2.05) is 6.08 Å². The molecule has 0 bridgehead atoms. The number of carbonyl (C=O) groups excluding carboxylic acids is 1. The zero-order valence-corrected chi connectivity index (χ0v) is 41.7. The van der Waals surface area contributed by atoms with Crippen LogP contribution in [0.2, 0.25) is 0 Å². The number of ether oxygens (including phenoxy) is 6. The highest BCUT2D eigenvalue weighted by atomic mass is 16.8. The van der Waals surface area contributed by atoms with Gasteiger partial charge in [0, 0.05) is 6.42 Å². The van der Waals surface area contributed by atoms with E-state index < -0.39 is 124 Å². The fourth-order valence-corrected chi connectivity index (χ4v) is 8.75. The van der Waals surface area contributed by atoms with Crippen LogP contribution in [-0.2, 0) is 33.2 Å². The molecular weight excluding hydrogens is 915 g/mol. The molecule has 19 heteroatoms. The Morgan fingerprint density at radius 3 is 1.43 bits per heavy atom. The molecule has 3 fully saturated rings. The Morgan fingerprint density at radius 2 is 0.914 bits per heavy atom. The van der Waals surface area contributed by atoms with Gasteiger partial charge in [0.2, 0.25) is 5.91 Å². The molecule has 3 rings (SSSR count). The topological polar surface area (TPSA) is 307 Å². The summed E-state index contributed by atoms with van der Waals surface area (Å²) < 4.78 is 34.0. The van der Waals surface area contributed by atoms with E-state index in [4.69, 9.17) is 28.4 Å². The minimum atomic E-state index is -1.98. The van der Waals surface area contributed by atoms with Gasteiger partial charge in [0.25, 0.3) is 0 Å². The van der Waals surface area contributed by atoms with Crippen molar-refractivity contribution in [3.63, 3.8) is 0 Å². The summed E-state index contributed by atoms with van der Waals surface area (Å²) in [5.74, 6) is -0.300. The first-order chi connectivity index (χ1) is 33.8. The molecule has 70 heavy (non-hydrogen) atoms. The Bertz CT molecular complexity index is 1440. The second kappa shape index (κ2) is 36.0. The van der Waals surface area contributed by atoms with E-state index in [1.54, 1.807) is 6.08 Å². The van der Waals surface area contributed by atoms with Crippen LogP contribution in [-0.4, -0.2) is 193 Å². The van der Waals surface area contributed by atoms with Gasteiger partial charge in [0.15, 0.2) is 18.9 Å². The van der Waals surface area contributed by atoms with Gasteiger partial charge in [-0.15, -0.1) is 0 Å². The molecule has 3 saturated heterocycles. The highest BCUT2D eigenvalue weighted by Crippen LogP contribution is 2.33. The number of allylic oxidation sites excluding steroid dienone is 5. The number of hydrogen-bond acceptors (Lipinski definition) is 18. The van der Waals surface area contributed by atoms with Crippen molar-refractivity contribution in [1.29, 1.82) is 0 Å². The lowest BCUT2D eigenvalue weighted by Crippen LogP contribution is -2.66. The molecule has 3 heterocycles. The van der Waals surface area contributed by atoms with E-state index in [1.165, 1.54) is 57.8 Å². The maximum atomic E-state index is 13.1. The molecule has 3 aliphatic heterocycles. The molecule has 19 nitrogen and oxygen atoms in total. The molecule has 0 radical (unpaired) electrons. The Labute approximate surface area is 415 Å². The van der Waals surface area contributed by atoms with Gasteiger partial charge < -0.3 is 89.9 Å². The van der Waals surface area contributed by atoms with Crippen molar-refractivity contribution >= 4 is 5.91 Å². The number of aliphatic hydroxyl groups is 11. The van der Waals surface area contributed by atoms with Gasteiger partial charge in [-0.25, -0.2) is 0 Å². The van der Waals surface area contributed by atoms with E-state index in [2.05, 4.69) is 43.5 Å². The number of hydrogen-bond donors (Lipinski definition) is 12. The van der Waals surface area contributed by atoms with Gasteiger partial charge in [-0.1, -0.05) is 134 Å². The molecule has 12 N–H and O–H groups in total. The van der Waals surface area contributed by atoms with E-state index >= 15 is 0 Å². The van der Waals surface area contributed by atoms with Crippen molar-refractivity contribution < 1.29 is 89.4 Å². The zero-order chi connectivity index (χ0) is 51.3. The van der Waals surface area contributed by atoms with Crippen LogP contribution in [0.5, 0.6) is 0 Å². The smallest absolute Gasteiger partial charge is 0.220 e. The van der Waals surface area contributed by atoms with E-state index in [9.17, 15) is 61.0 Å². The molecule has 17 unspecified atom stereocenters. The first kappa shape index (κ1) is 62.3. The Kier molecular flexibility index (Phi) is 32.1. The van der Waals surface area contributed by atoms with E-state index in [-0.39, 0.29) is 18.9 Å². The van der Waals surface area contributed by atoms with Gasteiger partial charge in [0.05, 0.1) is 38.6 Å². The van der Waals surface area contributed by atoms with Crippen molar-refractivity contribution in [2.45, 2.75) is 253 Å².